The Morgan fingerprint density at radius 1 is 0.280 bits per heavy atom. The van der Waals surface area contributed by atoms with Gasteiger partial charge in [0.2, 0.25) is 0 Å². The van der Waals surface area contributed by atoms with Crippen LogP contribution in [0.5, 0.6) is 0 Å². The van der Waals surface area contributed by atoms with Gasteiger partial charge in [-0.25, -0.2) is 0 Å². The Bertz CT molecular complexity index is 1480. The molecular formula is C69H118O6. The van der Waals surface area contributed by atoms with Crippen molar-refractivity contribution in [3.8, 4) is 0 Å². The largest absolute Gasteiger partial charge is 0.462 e. The molecule has 0 amide bonds. The van der Waals surface area contributed by atoms with Crippen LogP contribution < -0.4 is 0 Å². The quantitative estimate of drug-likeness (QED) is 0.0261. The van der Waals surface area contributed by atoms with Crippen LogP contribution in [-0.4, -0.2) is 37.2 Å². The van der Waals surface area contributed by atoms with Crippen LogP contribution in [0, 0.1) is 0 Å². The van der Waals surface area contributed by atoms with Crippen molar-refractivity contribution in [3.63, 3.8) is 0 Å². The van der Waals surface area contributed by atoms with Gasteiger partial charge >= 0.3 is 17.9 Å². The average molecular weight is 1040 g/mol. The van der Waals surface area contributed by atoms with E-state index in [4.69, 9.17) is 14.2 Å². The van der Waals surface area contributed by atoms with Gasteiger partial charge in [-0.05, 0) is 122 Å². The summed E-state index contributed by atoms with van der Waals surface area (Å²) in [6.45, 7) is 6.47. The third kappa shape index (κ3) is 61.1. The Balaban J connectivity index is 4.34. The second kappa shape index (κ2) is 62.9. The Morgan fingerprint density at radius 2 is 0.520 bits per heavy atom. The fourth-order valence-corrected chi connectivity index (χ4v) is 8.79. The molecule has 1 atom stereocenters. The van der Waals surface area contributed by atoms with E-state index in [1.807, 2.05) is 0 Å². The normalized spacial score (nSPS) is 12.7. The van der Waals surface area contributed by atoms with E-state index in [0.29, 0.717) is 19.3 Å². The molecule has 75 heavy (non-hydrogen) atoms. The third-order valence-electron chi connectivity index (χ3n) is 13.5. The summed E-state index contributed by atoms with van der Waals surface area (Å²) in [7, 11) is 0. The van der Waals surface area contributed by atoms with E-state index in [0.717, 1.165) is 116 Å². The third-order valence-corrected chi connectivity index (χ3v) is 13.5. The number of hydrogen-bond donors (Lipinski definition) is 0. The lowest BCUT2D eigenvalue weighted by Gasteiger charge is -2.18. The molecule has 0 heterocycles. The summed E-state index contributed by atoms with van der Waals surface area (Å²) in [5.74, 6) is -0.929. The van der Waals surface area contributed by atoms with Gasteiger partial charge in [0.15, 0.2) is 6.10 Å². The van der Waals surface area contributed by atoms with Gasteiger partial charge in [0, 0.05) is 19.3 Å². The maximum Gasteiger partial charge on any atom is 0.306 e. The van der Waals surface area contributed by atoms with E-state index >= 15 is 0 Å². The summed E-state index contributed by atoms with van der Waals surface area (Å²) in [4.78, 5) is 38.3. The molecule has 0 aromatic carbocycles. The number of carbonyl (C=O) groups excluding carboxylic acids is 3. The van der Waals surface area contributed by atoms with Gasteiger partial charge in [-0.3, -0.25) is 14.4 Å². The minimum absolute atomic E-state index is 0.0924. The molecule has 0 aliphatic carbocycles. The fourth-order valence-electron chi connectivity index (χ4n) is 8.79. The zero-order valence-corrected chi connectivity index (χ0v) is 49.3. The van der Waals surface area contributed by atoms with Gasteiger partial charge in [0.1, 0.15) is 13.2 Å². The summed E-state index contributed by atoms with van der Waals surface area (Å²) < 4.78 is 16.9. The lowest BCUT2D eigenvalue weighted by atomic mass is 10.0. The smallest absolute Gasteiger partial charge is 0.306 e. The number of rotatable bonds is 57. The molecule has 0 spiro atoms. The minimum Gasteiger partial charge on any atom is -0.462 e. The highest BCUT2D eigenvalue weighted by molar-refractivity contribution is 5.71. The molecule has 0 fully saturated rings. The first-order chi connectivity index (χ1) is 37.0. The van der Waals surface area contributed by atoms with Crippen LogP contribution in [0.15, 0.2) is 97.2 Å². The van der Waals surface area contributed by atoms with Crippen molar-refractivity contribution in [2.45, 2.75) is 309 Å². The highest BCUT2D eigenvalue weighted by Gasteiger charge is 2.19. The topological polar surface area (TPSA) is 78.9 Å². The molecule has 0 rings (SSSR count). The fraction of sp³-hybridized carbons (Fsp3) is 0.725. The Morgan fingerprint density at radius 3 is 0.853 bits per heavy atom. The zero-order valence-electron chi connectivity index (χ0n) is 49.3. The highest BCUT2D eigenvalue weighted by Crippen LogP contribution is 2.16. The first-order valence-corrected chi connectivity index (χ1v) is 31.7. The van der Waals surface area contributed by atoms with Crippen LogP contribution in [0.2, 0.25) is 0 Å². The minimum atomic E-state index is -0.799. The van der Waals surface area contributed by atoms with E-state index in [1.165, 1.54) is 148 Å². The van der Waals surface area contributed by atoms with Gasteiger partial charge in [-0.1, -0.05) is 259 Å². The van der Waals surface area contributed by atoms with Crippen molar-refractivity contribution in [2.75, 3.05) is 13.2 Å². The number of ether oxygens (including phenoxy) is 3. The predicted molar refractivity (Wildman–Crippen MR) is 325 cm³/mol. The van der Waals surface area contributed by atoms with Crippen molar-refractivity contribution in [3.05, 3.63) is 97.2 Å². The van der Waals surface area contributed by atoms with Crippen LogP contribution >= 0.6 is 0 Å². The SMILES string of the molecule is CC/C=C\C/C=C\C/C=C\CCCCCC(=O)OCC(COC(=O)CCCCCCCCCCCCCCC/C=C\C/C=C\CCCCCCC)OC(=O)CCCCCCCC/C=C\C/C=C\C/C=C\CCCCC. The molecule has 0 N–H and O–H groups in total. The second-order valence-electron chi connectivity index (χ2n) is 20.9. The van der Waals surface area contributed by atoms with Crippen molar-refractivity contribution >= 4 is 17.9 Å². The van der Waals surface area contributed by atoms with E-state index in [9.17, 15) is 14.4 Å². The summed E-state index contributed by atoms with van der Waals surface area (Å²) in [5, 5.41) is 0. The molecule has 1 unspecified atom stereocenters. The summed E-state index contributed by atoms with van der Waals surface area (Å²) in [6, 6.07) is 0. The predicted octanol–water partition coefficient (Wildman–Crippen LogP) is 21.7. The second-order valence-corrected chi connectivity index (χ2v) is 20.9. The first kappa shape index (κ1) is 71.3. The molecular weight excluding hydrogens is 925 g/mol. The maximum absolute atomic E-state index is 12.9. The molecule has 0 aromatic rings. The van der Waals surface area contributed by atoms with Crippen molar-refractivity contribution in [1.29, 1.82) is 0 Å². The molecule has 0 saturated carbocycles. The van der Waals surface area contributed by atoms with Crippen molar-refractivity contribution in [1.82, 2.24) is 0 Å². The number of hydrogen-bond acceptors (Lipinski definition) is 6. The van der Waals surface area contributed by atoms with Crippen molar-refractivity contribution in [2.24, 2.45) is 0 Å². The van der Waals surface area contributed by atoms with Crippen molar-refractivity contribution < 1.29 is 28.6 Å². The average Bonchev–Trinajstić information content (AvgIpc) is 3.41. The van der Waals surface area contributed by atoms with Crippen LogP contribution in [0.1, 0.15) is 303 Å². The molecule has 430 valence electrons. The van der Waals surface area contributed by atoms with E-state index < -0.39 is 6.10 Å². The summed E-state index contributed by atoms with van der Waals surface area (Å²) >= 11 is 0. The monoisotopic (exact) mass is 1040 g/mol. The van der Waals surface area contributed by atoms with E-state index in [-0.39, 0.29) is 31.1 Å². The van der Waals surface area contributed by atoms with Gasteiger partial charge in [-0.15, -0.1) is 0 Å². The maximum atomic E-state index is 12.9. The Kier molecular flexibility index (Phi) is 59.8. The van der Waals surface area contributed by atoms with Crippen LogP contribution in [0.25, 0.3) is 0 Å². The van der Waals surface area contributed by atoms with Gasteiger partial charge in [0.05, 0.1) is 0 Å². The molecule has 6 heteroatoms. The van der Waals surface area contributed by atoms with Gasteiger partial charge in [-0.2, -0.15) is 0 Å². The number of allylic oxidation sites excluding steroid dienone is 16. The van der Waals surface area contributed by atoms with Crippen LogP contribution in [0.3, 0.4) is 0 Å². The highest BCUT2D eigenvalue weighted by atomic mass is 16.6. The lowest BCUT2D eigenvalue weighted by molar-refractivity contribution is -0.167. The van der Waals surface area contributed by atoms with Gasteiger partial charge in [0.25, 0.3) is 0 Å². The first-order valence-electron chi connectivity index (χ1n) is 31.7. The van der Waals surface area contributed by atoms with E-state index in [1.54, 1.807) is 0 Å². The molecule has 0 aromatic heterocycles. The zero-order chi connectivity index (χ0) is 54.3. The summed E-state index contributed by atoms with van der Waals surface area (Å²) in [6.07, 6.45) is 84.1. The lowest BCUT2D eigenvalue weighted by Crippen LogP contribution is -2.30. The standard InChI is InChI=1S/C69H118O6/c1-4-7-10-13-16-19-22-25-27-29-31-32-33-34-35-36-38-39-41-44-47-50-53-56-59-62-68(71)74-65-66(64-73-67(70)61-58-55-52-49-46-43-24-21-18-15-12-9-6-3)75-69(72)63-60-57-54-51-48-45-42-40-37-30-28-26-23-20-17-14-11-8-5-2/h9,12,17-18,20-22,25-26,28-29,31,37,40,43,46,66H,4-8,10-11,13-16,19,23-24,27,30,32-36,38-39,41-42,44-45,47-65H2,1-3H3/b12-9-,20-17-,21-18-,25-22-,28-26-,31-29-,40-37-,46-43-. The Hall–Kier alpha value is -3.67. The van der Waals surface area contributed by atoms with Crippen LogP contribution in [-0.2, 0) is 28.6 Å². The Labute approximate surface area is 464 Å². The molecule has 0 bridgehead atoms. The molecule has 0 radical (unpaired) electrons. The number of carbonyl (C=O) groups is 3. The molecule has 0 saturated heterocycles. The number of esters is 3. The molecule has 0 aliphatic heterocycles. The molecule has 0 aliphatic rings. The number of unbranched alkanes of at least 4 members (excludes halogenated alkanes) is 30. The summed E-state index contributed by atoms with van der Waals surface area (Å²) in [5.41, 5.74) is 0. The van der Waals surface area contributed by atoms with Crippen LogP contribution in [0.4, 0.5) is 0 Å². The van der Waals surface area contributed by atoms with E-state index in [2.05, 4.69) is 118 Å². The molecule has 6 nitrogen and oxygen atoms in total. The van der Waals surface area contributed by atoms with Gasteiger partial charge < -0.3 is 14.2 Å².